The average molecular weight is 411 g/mol. The molecule has 0 saturated heterocycles. The van der Waals surface area contributed by atoms with Crippen LogP contribution in [0, 0.1) is 12.8 Å². The summed E-state index contributed by atoms with van der Waals surface area (Å²) >= 11 is 0. The summed E-state index contributed by atoms with van der Waals surface area (Å²) in [4.78, 5) is 24.5. The molecule has 1 amide bonds. The van der Waals surface area contributed by atoms with Gasteiger partial charge >= 0.3 is 6.09 Å². The first-order valence-corrected chi connectivity index (χ1v) is 11.2. The summed E-state index contributed by atoms with van der Waals surface area (Å²) in [6.45, 7) is 4.27. The molecule has 154 valence electrons. The highest BCUT2D eigenvalue weighted by atomic mass is 31.0. The molecule has 0 aliphatic heterocycles. The molecule has 2 unspecified atom stereocenters. The Morgan fingerprint density at radius 1 is 1.31 bits per heavy atom. The second kappa shape index (κ2) is 10.0. The molecule has 0 spiro atoms. The molecule has 2 aliphatic rings. The van der Waals surface area contributed by atoms with Gasteiger partial charge in [0.1, 0.15) is 5.75 Å². The molecule has 29 heavy (non-hydrogen) atoms. The van der Waals surface area contributed by atoms with Crippen LogP contribution in [-0.4, -0.2) is 24.6 Å². The second-order valence-corrected chi connectivity index (χ2v) is 8.20. The van der Waals surface area contributed by atoms with Gasteiger partial charge in [0, 0.05) is 18.0 Å². The van der Waals surface area contributed by atoms with E-state index in [1.807, 2.05) is 13.8 Å². The summed E-state index contributed by atoms with van der Waals surface area (Å²) in [5, 5.41) is 2.64. The predicted octanol–water partition coefficient (Wildman–Crippen LogP) is 5.32. The Balaban J connectivity index is 1.73. The number of unbranched alkanes of at least 4 members (excludes halogenated alkanes) is 1. The molecule has 3 rings (SSSR count). The molecule has 2 atom stereocenters. The Hall–Kier alpha value is -2.19. The zero-order valence-electron chi connectivity index (χ0n) is 17.3. The highest BCUT2D eigenvalue weighted by Gasteiger charge is 2.25. The van der Waals surface area contributed by atoms with E-state index in [0.717, 1.165) is 35.7 Å². The van der Waals surface area contributed by atoms with Crippen LogP contribution < -0.4 is 10.1 Å². The van der Waals surface area contributed by atoms with Gasteiger partial charge < -0.3 is 10.1 Å². The van der Waals surface area contributed by atoms with Gasteiger partial charge in [-0.1, -0.05) is 29.4 Å². The van der Waals surface area contributed by atoms with Crippen molar-refractivity contribution in [2.45, 2.75) is 46.0 Å². The third-order valence-corrected chi connectivity index (χ3v) is 6.02. The summed E-state index contributed by atoms with van der Waals surface area (Å²) in [6, 6.07) is 3.48. The smallest absolute Gasteiger partial charge is 0.410 e. The number of benzene rings is 1. The van der Waals surface area contributed by atoms with Crippen molar-refractivity contribution in [3.05, 3.63) is 64.3 Å². The molecule has 0 aromatic heterocycles. The lowest BCUT2D eigenvalue weighted by Crippen LogP contribution is -2.27. The van der Waals surface area contributed by atoms with Crippen molar-refractivity contribution < 1.29 is 14.3 Å². The van der Waals surface area contributed by atoms with E-state index < -0.39 is 6.09 Å². The zero-order valence-corrected chi connectivity index (χ0v) is 18.4. The predicted molar refractivity (Wildman–Crippen MR) is 121 cm³/mol. The van der Waals surface area contributed by atoms with Crippen LogP contribution in [0.25, 0.3) is 0 Å². The molecular formula is C24H30NO3P. The van der Waals surface area contributed by atoms with Crippen molar-refractivity contribution in [2.24, 2.45) is 5.92 Å². The molecule has 0 bridgehead atoms. The summed E-state index contributed by atoms with van der Waals surface area (Å²) < 4.78 is 5.42. The van der Waals surface area contributed by atoms with Crippen molar-refractivity contribution in [3.8, 4) is 5.75 Å². The molecule has 0 fully saturated rings. The summed E-state index contributed by atoms with van der Waals surface area (Å²) in [7, 11) is 2.78. The highest BCUT2D eigenvalue weighted by Crippen LogP contribution is 2.35. The van der Waals surface area contributed by atoms with Gasteiger partial charge in [0.25, 0.3) is 0 Å². The van der Waals surface area contributed by atoms with Crippen LogP contribution in [0.15, 0.2) is 47.6 Å². The maximum Gasteiger partial charge on any atom is 0.412 e. The molecule has 1 aromatic rings. The number of ketones is 1. The third kappa shape index (κ3) is 5.25. The number of nitrogens with one attached hydrogen (secondary N) is 1. The number of hydrogen-bond acceptors (Lipinski definition) is 3. The van der Waals surface area contributed by atoms with Crippen LogP contribution in [0.4, 0.5) is 4.79 Å². The van der Waals surface area contributed by atoms with Gasteiger partial charge in [-0.25, -0.2) is 4.79 Å². The fraction of sp³-hybridized carbons (Fsp3) is 0.417. The highest BCUT2D eigenvalue weighted by molar-refractivity contribution is 7.16. The minimum absolute atomic E-state index is 0.0394. The van der Waals surface area contributed by atoms with Gasteiger partial charge in [0.2, 0.25) is 0 Å². The van der Waals surface area contributed by atoms with E-state index in [9.17, 15) is 9.59 Å². The maximum absolute atomic E-state index is 12.7. The molecule has 0 heterocycles. The number of amides is 1. The Labute approximate surface area is 175 Å². The Bertz CT molecular complexity index is 882. The van der Waals surface area contributed by atoms with Gasteiger partial charge in [-0.3, -0.25) is 4.79 Å². The largest absolute Gasteiger partial charge is 0.412 e. The minimum Gasteiger partial charge on any atom is -0.410 e. The van der Waals surface area contributed by atoms with Crippen molar-refractivity contribution >= 4 is 21.1 Å². The van der Waals surface area contributed by atoms with E-state index in [4.69, 9.17) is 4.74 Å². The standard InChI is InChI=1S/C24H30NO3P/c1-3-25-24(27)28-23-12-11-20-21(16(23)2)14-19(15-22(20)26)18-9-7-17(8-10-18)6-4-5-13-29/h7-9,11-12,15,18H,3-6,10,13-14,29H2,1-2H3,(H,25,27). The number of fused-ring (bicyclic) bond motifs is 1. The summed E-state index contributed by atoms with van der Waals surface area (Å²) in [5.41, 5.74) is 5.08. The van der Waals surface area contributed by atoms with E-state index >= 15 is 0 Å². The number of ether oxygens (including phenoxy) is 1. The quantitative estimate of drug-likeness (QED) is 0.488. The van der Waals surface area contributed by atoms with Crippen LogP contribution in [0.2, 0.25) is 0 Å². The maximum atomic E-state index is 12.7. The van der Waals surface area contributed by atoms with Crippen LogP contribution in [-0.2, 0) is 6.42 Å². The monoisotopic (exact) mass is 411 g/mol. The van der Waals surface area contributed by atoms with Gasteiger partial charge in [0.15, 0.2) is 5.78 Å². The van der Waals surface area contributed by atoms with Gasteiger partial charge in [0.05, 0.1) is 0 Å². The summed E-state index contributed by atoms with van der Waals surface area (Å²) in [6.07, 6.45) is 14.5. The van der Waals surface area contributed by atoms with Crippen molar-refractivity contribution in [1.82, 2.24) is 5.32 Å². The van der Waals surface area contributed by atoms with Gasteiger partial charge in [-0.05, 0) is 81.4 Å². The first kappa shape index (κ1) is 21.5. The lowest BCUT2D eigenvalue weighted by Gasteiger charge is -2.25. The molecule has 5 heteroatoms. The summed E-state index contributed by atoms with van der Waals surface area (Å²) in [5.74, 6) is 0.807. The Morgan fingerprint density at radius 2 is 2.14 bits per heavy atom. The van der Waals surface area contributed by atoms with Crippen LogP contribution in [0.1, 0.15) is 54.1 Å². The molecule has 4 nitrogen and oxygen atoms in total. The van der Waals surface area contributed by atoms with Crippen LogP contribution in [0.5, 0.6) is 5.75 Å². The number of hydrogen-bond donors (Lipinski definition) is 1. The van der Waals surface area contributed by atoms with Gasteiger partial charge in [-0.2, -0.15) is 0 Å². The van der Waals surface area contributed by atoms with E-state index in [0.29, 0.717) is 24.3 Å². The lowest BCUT2D eigenvalue weighted by atomic mass is 9.79. The molecule has 1 aromatic carbocycles. The van der Waals surface area contributed by atoms with Crippen LogP contribution in [0.3, 0.4) is 0 Å². The van der Waals surface area contributed by atoms with Crippen molar-refractivity contribution in [3.63, 3.8) is 0 Å². The van der Waals surface area contributed by atoms with E-state index in [1.165, 1.54) is 18.4 Å². The first-order valence-electron chi connectivity index (χ1n) is 10.4. The second-order valence-electron chi connectivity index (χ2n) is 7.62. The normalized spacial score (nSPS) is 18.0. The van der Waals surface area contributed by atoms with E-state index in [1.54, 1.807) is 18.2 Å². The van der Waals surface area contributed by atoms with Crippen molar-refractivity contribution in [2.75, 3.05) is 12.7 Å². The number of carbonyl (C=O) groups is 2. The minimum atomic E-state index is -0.469. The number of allylic oxidation sites excluding steroid dienone is 6. The molecule has 2 aliphatic carbocycles. The third-order valence-electron chi connectivity index (χ3n) is 5.61. The molecular weight excluding hydrogens is 381 g/mol. The first-order chi connectivity index (χ1) is 14.0. The van der Waals surface area contributed by atoms with Gasteiger partial charge in [-0.15, -0.1) is 9.24 Å². The fourth-order valence-corrected chi connectivity index (χ4v) is 4.21. The molecule has 1 N–H and O–H groups in total. The fourth-order valence-electron chi connectivity index (χ4n) is 3.92. The van der Waals surface area contributed by atoms with Crippen molar-refractivity contribution in [1.29, 1.82) is 0 Å². The Morgan fingerprint density at radius 3 is 2.83 bits per heavy atom. The van der Waals surface area contributed by atoms with E-state index in [-0.39, 0.29) is 11.7 Å². The lowest BCUT2D eigenvalue weighted by molar-refractivity contribution is 0.104. The average Bonchev–Trinajstić information content (AvgIpc) is 2.71. The zero-order chi connectivity index (χ0) is 20.8. The topological polar surface area (TPSA) is 55.4 Å². The molecule has 0 radical (unpaired) electrons. The Kier molecular flexibility index (Phi) is 7.44. The number of carbonyl (C=O) groups excluding carboxylic acids is 2. The van der Waals surface area contributed by atoms with E-state index in [2.05, 4.69) is 32.8 Å². The SMILES string of the molecule is CCNC(=O)Oc1ccc2c(c1C)CC(C1C=CC(CCCCP)=CC1)=CC2=O. The van der Waals surface area contributed by atoms with Crippen LogP contribution >= 0.6 is 9.24 Å². The number of rotatable bonds is 7. The molecule has 0 saturated carbocycles.